The molecule has 124 valence electrons. The molecule has 2 rings (SSSR count). The zero-order valence-corrected chi connectivity index (χ0v) is 14.2. The first-order valence-electron chi connectivity index (χ1n) is 7.46. The molecule has 1 aliphatic carbocycles. The van der Waals surface area contributed by atoms with Crippen LogP contribution >= 0.6 is 0 Å². The molecular weight excluding hydrogens is 306 g/mol. The van der Waals surface area contributed by atoms with Crippen LogP contribution in [0.3, 0.4) is 0 Å². The predicted octanol–water partition coefficient (Wildman–Crippen LogP) is 0.616. The third-order valence-electron chi connectivity index (χ3n) is 4.04. The fraction of sp³-hybridized carbons (Fsp3) is 0.846. The predicted molar refractivity (Wildman–Crippen MR) is 80.7 cm³/mol. The van der Waals surface area contributed by atoms with E-state index in [0.717, 1.165) is 12.8 Å². The lowest BCUT2D eigenvalue weighted by Gasteiger charge is -2.26. The summed E-state index contributed by atoms with van der Waals surface area (Å²) >= 11 is 0. The van der Waals surface area contributed by atoms with Crippen molar-refractivity contribution in [1.29, 1.82) is 0 Å². The van der Waals surface area contributed by atoms with Gasteiger partial charge in [-0.05, 0) is 50.5 Å². The second kappa shape index (κ2) is 5.94. The number of hydrogen-bond donors (Lipinski definition) is 1. The molecule has 1 aromatic heterocycles. The lowest BCUT2D eigenvalue weighted by Crippen LogP contribution is -2.48. The Bertz CT molecular complexity index is 648. The third kappa shape index (κ3) is 3.82. The molecule has 22 heavy (non-hydrogen) atoms. The van der Waals surface area contributed by atoms with Crippen LogP contribution in [-0.2, 0) is 20.4 Å². The number of hydrogen-bond acceptors (Lipinski definition) is 6. The molecular formula is C13H23N5O3S. The molecule has 0 aromatic carbocycles. The van der Waals surface area contributed by atoms with Gasteiger partial charge in [-0.25, -0.2) is 13.1 Å². The van der Waals surface area contributed by atoms with Gasteiger partial charge in [0, 0.05) is 5.54 Å². The van der Waals surface area contributed by atoms with Crippen molar-refractivity contribution in [1.82, 2.24) is 25.5 Å². The van der Waals surface area contributed by atoms with Gasteiger partial charge in [0.1, 0.15) is 11.0 Å². The quantitative estimate of drug-likeness (QED) is 0.785. The summed E-state index contributed by atoms with van der Waals surface area (Å²) in [4.78, 5) is 12.2. The largest absolute Gasteiger partial charge is 0.350 e. The SMILES string of the molecule is CCC(C)(C)NC(=O)[C@H](C)S(=O)(=O)Cc1nnnn1C1CC1. The number of aromatic nitrogens is 4. The average Bonchev–Trinajstić information content (AvgIpc) is 3.18. The molecule has 1 N–H and O–H groups in total. The molecule has 0 spiro atoms. The van der Waals surface area contributed by atoms with Crippen LogP contribution in [-0.4, -0.2) is 45.3 Å². The van der Waals surface area contributed by atoms with Crippen LogP contribution < -0.4 is 5.32 Å². The molecule has 1 aromatic rings. The molecule has 0 radical (unpaired) electrons. The zero-order valence-electron chi connectivity index (χ0n) is 13.4. The van der Waals surface area contributed by atoms with E-state index in [2.05, 4.69) is 20.8 Å². The van der Waals surface area contributed by atoms with Gasteiger partial charge in [0.2, 0.25) is 5.91 Å². The van der Waals surface area contributed by atoms with Crippen molar-refractivity contribution in [3.63, 3.8) is 0 Å². The zero-order chi connectivity index (χ0) is 16.5. The van der Waals surface area contributed by atoms with Crippen molar-refractivity contribution in [2.75, 3.05) is 0 Å². The van der Waals surface area contributed by atoms with Crippen molar-refractivity contribution in [3.8, 4) is 0 Å². The van der Waals surface area contributed by atoms with Gasteiger partial charge in [0.05, 0.1) is 6.04 Å². The molecule has 1 aliphatic rings. The maximum absolute atomic E-state index is 12.4. The fourth-order valence-electron chi connectivity index (χ4n) is 1.90. The van der Waals surface area contributed by atoms with Gasteiger partial charge < -0.3 is 5.32 Å². The van der Waals surface area contributed by atoms with Crippen molar-refractivity contribution in [2.45, 2.75) is 69.5 Å². The monoisotopic (exact) mass is 329 g/mol. The van der Waals surface area contributed by atoms with E-state index in [4.69, 9.17) is 0 Å². The highest BCUT2D eigenvalue weighted by Crippen LogP contribution is 2.34. The van der Waals surface area contributed by atoms with Gasteiger partial charge in [0.25, 0.3) is 0 Å². The van der Waals surface area contributed by atoms with Crippen molar-refractivity contribution in [2.24, 2.45) is 0 Å². The van der Waals surface area contributed by atoms with Crippen LogP contribution in [0, 0.1) is 0 Å². The lowest BCUT2D eigenvalue weighted by atomic mass is 10.0. The first-order valence-corrected chi connectivity index (χ1v) is 9.18. The maximum atomic E-state index is 12.4. The van der Waals surface area contributed by atoms with Crippen LogP contribution in [0.2, 0.25) is 0 Å². The highest BCUT2D eigenvalue weighted by Gasteiger charge is 2.34. The summed E-state index contributed by atoms with van der Waals surface area (Å²) in [5.74, 6) is -0.508. The molecule has 0 unspecified atom stereocenters. The second-order valence-electron chi connectivity index (χ2n) is 6.45. The number of carbonyl (C=O) groups excluding carboxylic acids is 1. The van der Waals surface area contributed by atoms with E-state index < -0.39 is 26.5 Å². The number of tetrazole rings is 1. The summed E-state index contributed by atoms with van der Waals surface area (Å²) < 4.78 is 26.4. The number of sulfone groups is 1. The van der Waals surface area contributed by atoms with Gasteiger partial charge in [0.15, 0.2) is 15.7 Å². The van der Waals surface area contributed by atoms with E-state index >= 15 is 0 Å². The smallest absolute Gasteiger partial charge is 0.238 e. The molecule has 1 saturated carbocycles. The first kappa shape index (κ1) is 16.9. The number of nitrogens with zero attached hydrogens (tertiary/aromatic N) is 4. The molecule has 9 heteroatoms. The van der Waals surface area contributed by atoms with Crippen LogP contribution in [0.15, 0.2) is 0 Å². The van der Waals surface area contributed by atoms with Crippen LogP contribution in [0.25, 0.3) is 0 Å². The molecule has 0 aliphatic heterocycles. The van der Waals surface area contributed by atoms with Gasteiger partial charge in [-0.3, -0.25) is 4.79 Å². The molecule has 0 bridgehead atoms. The van der Waals surface area contributed by atoms with E-state index in [-0.39, 0.29) is 11.8 Å². The molecule has 1 amide bonds. The Morgan fingerprint density at radius 2 is 2.09 bits per heavy atom. The minimum Gasteiger partial charge on any atom is -0.350 e. The van der Waals surface area contributed by atoms with E-state index in [1.807, 2.05) is 20.8 Å². The minimum atomic E-state index is -3.67. The van der Waals surface area contributed by atoms with Crippen LogP contribution in [0.5, 0.6) is 0 Å². The molecule has 1 fully saturated rings. The van der Waals surface area contributed by atoms with E-state index in [1.54, 1.807) is 4.68 Å². The number of rotatable bonds is 7. The standard InChI is InChI=1S/C13H23N5O3S/c1-5-13(3,4)14-12(19)9(2)22(20,21)8-11-15-16-17-18(11)10-6-7-10/h9-10H,5-8H2,1-4H3,(H,14,19)/t9-/m0/s1. The van der Waals surface area contributed by atoms with Crippen molar-refractivity contribution in [3.05, 3.63) is 5.82 Å². The summed E-state index contributed by atoms with van der Waals surface area (Å²) in [5, 5.41) is 12.8. The van der Waals surface area contributed by atoms with Crippen molar-refractivity contribution >= 4 is 15.7 Å². The summed E-state index contributed by atoms with van der Waals surface area (Å²) in [6.07, 6.45) is 2.63. The maximum Gasteiger partial charge on any atom is 0.238 e. The van der Waals surface area contributed by atoms with Crippen LogP contribution in [0.1, 0.15) is 58.8 Å². The summed E-state index contributed by atoms with van der Waals surface area (Å²) in [6, 6.07) is 0.198. The third-order valence-corrected chi connectivity index (χ3v) is 5.99. The average molecular weight is 329 g/mol. The number of amides is 1. The molecule has 1 heterocycles. The Kier molecular flexibility index (Phi) is 4.55. The van der Waals surface area contributed by atoms with Gasteiger partial charge in [-0.15, -0.1) is 5.10 Å². The fourth-order valence-corrected chi connectivity index (χ4v) is 3.09. The summed E-state index contributed by atoms with van der Waals surface area (Å²) in [7, 11) is -3.67. The normalized spacial score (nSPS) is 17.3. The van der Waals surface area contributed by atoms with Gasteiger partial charge in [-0.1, -0.05) is 6.92 Å². The Labute approximate surface area is 130 Å². The minimum absolute atomic E-state index is 0.198. The molecule has 1 atom stereocenters. The Morgan fingerprint density at radius 3 is 2.64 bits per heavy atom. The Morgan fingerprint density at radius 1 is 1.45 bits per heavy atom. The number of carbonyl (C=O) groups is 1. The number of nitrogens with one attached hydrogen (secondary N) is 1. The highest BCUT2D eigenvalue weighted by atomic mass is 32.2. The Hall–Kier alpha value is -1.51. The highest BCUT2D eigenvalue weighted by molar-refractivity contribution is 7.92. The van der Waals surface area contributed by atoms with E-state index in [1.165, 1.54) is 6.92 Å². The van der Waals surface area contributed by atoms with E-state index in [9.17, 15) is 13.2 Å². The topological polar surface area (TPSA) is 107 Å². The van der Waals surface area contributed by atoms with Gasteiger partial charge >= 0.3 is 0 Å². The Balaban J connectivity index is 2.08. The molecule has 8 nitrogen and oxygen atoms in total. The summed E-state index contributed by atoms with van der Waals surface area (Å²) in [6.45, 7) is 7.06. The second-order valence-corrected chi connectivity index (χ2v) is 8.77. The van der Waals surface area contributed by atoms with Crippen LogP contribution in [0.4, 0.5) is 0 Å². The first-order chi connectivity index (χ1) is 10.2. The van der Waals surface area contributed by atoms with Gasteiger partial charge in [-0.2, -0.15) is 0 Å². The van der Waals surface area contributed by atoms with Crippen molar-refractivity contribution < 1.29 is 13.2 Å². The lowest BCUT2D eigenvalue weighted by molar-refractivity contribution is -0.122. The van der Waals surface area contributed by atoms with E-state index in [0.29, 0.717) is 12.2 Å². The molecule has 0 saturated heterocycles. The summed E-state index contributed by atoms with van der Waals surface area (Å²) in [5.41, 5.74) is -0.434.